The van der Waals surface area contributed by atoms with Gasteiger partial charge in [-0.3, -0.25) is 0 Å². The van der Waals surface area contributed by atoms with Crippen molar-refractivity contribution in [2.24, 2.45) is 0 Å². The van der Waals surface area contributed by atoms with Crippen molar-refractivity contribution in [2.45, 2.75) is 18.8 Å². The van der Waals surface area contributed by atoms with Crippen molar-refractivity contribution in [1.82, 2.24) is 0 Å². The second-order valence-electron chi connectivity index (χ2n) is 4.02. The number of thioether (sulfide) groups is 1. The molecular formula is C14H13NO3S. The fraction of sp³-hybridized carbons (Fsp3) is 0.286. The highest BCUT2D eigenvalue weighted by Gasteiger charge is 2.22. The van der Waals surface area contributed by atoms with E-state index in [9.17, 15) is 4.79 Å². The Labute approximate surface area is 115 Å². The quantitative estimate of drug-likeness (QED) is 0.800. The van der Waals surface area contributed by atoms with E-state index < -0.39 is 12.1 Å². The number of esters is 1. The molecule has 2 rings (SSSR count). The summed E-state index contributed by atoms with van der Waals surface area (Å²) in [6.45, 7) is 1.52. The summed E-state index contributed by atoms with van der Waals surface area (Å²) in [6, 6.07) is 9.33. The zero-order valence-electron chi connectivity index (χ0n) is 10.7. The van der Waals surface area contributed by atoms with Crippen LogP contribution in [0.15, 0.2) is 28.7 Å². The average Bonchev–Trinajstić information content (AvgIpc) is 2.78. The first kappa shape index (κ1) is 13.5. The molecule has 4 nitrogen and oxygen atoms in total. The van der Waals surface area contributed by atoms with Crippen LogP contribution in [0.5, 0.6) is 0 Å². The summed E-state index contributed by atoms with van der Waals surface area (Å²) in [5, 5.41) is 9.59. The van der Waals surface area contributed by atoms with Gasteiger partial charge in [-0.25, -0.2) is 4.79 Å². The van der Waals surface area contributed by atoms with Gasteiger partial charge in [0.1, 0.15) is 11.7 Å². The number of furan rings is 1. The predicted octanol–water partition coefficient (Wildman–Crippen LogP) is 3.36. The van der Waals surface area contributed by atoms with Gasteiger partial charge >= 0.3 is 5.97 Å². The number of nitrogens with zero attached hydrogens (tertiary/aromatic N) is 1. The third kappa shape index (κ3) is 2.74. The maximum absolute atomic E-state index is 12.0. The average molecular weight is 275 g/mol. The number of para-hydroxylation sites is 1. The van der Waals surface area contributed by atoms with E-state index in [-0.39, 0.29) is 5.76 Å². The molecule has 0 amide bonds. The summed E-state index contributed by atoms with van der Waals surface area (Å²) >= 11 is 1.60. The summed E-state index contributed by atoms with van der Waals surface area (Å²) in [5.74, 6) is 0.259. The molecule has 0 aliphatic rings. The minimum Gasteiger partial charge on any atom is -0.449 e. The van der Waals surface area contributed by atoms with E-state index in [1.807, 2.05) is 36.6 Å². The smallest absolute Gasteiger partial charge is 0.375 e. The fourth-order valence-corrected chi connectivity index (χ4v) is 2.37. The molecular weight excluding hydrogens is 262 g/mol. The zero-order chi connectivity index (χ0) is 13.8. The SMILES string of the molecule is CSCc1c(C(=O)O[C@H](C)C#N)oc2ccccc12. The Morgan fingerprint density at radius 2 is 2.26 bits per heavy atom. The van der Waals surface area contributed by atoms with Gasteiger partial charge in [0, 0.05) is 16.7 Å². The molecule has 1 aromatic carbocycles. The summed E-state index contributed by atoms with van der Waals surface area (Å²) in [4.78, 5) is 12.0. The molecule has 0 radical (unpaired) electrons. The molecule has 0 aliphatic carbocycles. The van der Waals surface area contributed by atoms with E-state index in [4.69, 9.17) is 14.4 Å². The lowest BCUT2D eigenvalue weighted by molar-refractivity contribution is 0.0400. The first-order valence-corrected chi connectivity index (χ1v) is 7.16. The Bertz CT molecular complexity index is 642. The molecule has 0 N–H and O–H groups in total. The molecule has 0 spiro atoms. The predicted molar refractivity (Wildman–Crippen MR) is 73.9 cm³/mol. The Hall–Kier alpha value is -1.93. The number of benzene rings is 1. The number of nitriles is 1. The lowest BCUT2D eigenvalue weighted by Crippen LogP contribution is -2.13. The Balaban J connectivity index is 2.44. The molecule has 0 saturated carbocycles. The number of rotatable bonds is 4. The molecule has 19 heavy (non-hydrogen) atoms. The molecule has 1 heterocycles. The molecule has 0 aliphatic heterocycles. The van der Waals surface area contributed by atoms with E-state index in [0.29, 0.717) is 11.3 Å². The van der Waals surface area contributed by atoms with Crippen LogP contribution in [-0.2, 0) is 10.5 Å². The van der Waals surface area contributed by atoms with Crippen LogP contribution < -0.4 is 0 Å². The highest BCUT2D eigenvalue weighted by atomic mass is 32.2. The van der Waals surface area contributed by atoms with E-state index in [1.54, 1.807) is 11.8 Å². The number of hydrogen-bond acceptors (Lipinski definition) is 5. The lowest BCUT2D eigenvalue weighted by Gasteiger charge is -2.05. The second kappa shape index (κ2) is 5.81. The minimum atomic E-state index is -0.789. The van der Waals surface area contributed by atoms with Crippen LogP contribution in [-0.4, -0.2) is 18.3 Å². The van der Waals surface area contributed by atoms with Crippen LogP contribution in [0.1, 0.15) is 23.0 Å². The monoisotopic (exact) mass is 275 g/mol. The van der Waals surface area contributed by atoms with Crippen molar-refractivity contribution >= 4 is 28.7 Å². The van der Waals surface area contributed by atoms with Crippen LogP contribution in [0.3, 0.4) is 0 Å². The van der Waals surface area contributed by atoms with Crippen LogP contribution in [0.2, 0.25) is 0 Å². The first-order valence-electron chi connectivity index (χ1n) is 5.77. The summed E-state index contributed by atoms with van der Waals surface area (Å²) in [6.07, 6.45) is 1.16. The van der Waals surface area contributed by atoms with Gasteiger partial charge in [0.15, 0.2) is 6.10 Å². The van der Waals surface area contributed by atoms with E-state index in [2.05, 4.69) is 0 Å². The zero-order valence-corrected chi connectivity index (χ0v) is 11.5. The van der Waals surface area contributed by atoms with E-state index >= 15 is 0 Å². The summed E-state index contributed by atoms with van der Waals surface area (Å²) in [7, 11) is 0. The second-order valence-corrected chi connectivity index (χ2v) is 4.88. The summed E-state index contributed by atoms with van der Waals surface area (Å²) < 4.78 is 10.6. The maximum atomic E-state index is 12.0. The minimum absolute atomic E-state index is 0.192. The lowest BCUT2D eigenvalue weighted by atomic mass is 10.1. The molecule has 2 aromatic rings. The number of carbonyl (C=O) groups excluding carboxylic acids is 1. The fourth-order valence-electron chi connectivity index (χ4n) is 1.79. The third-order valence-corrected chi connectivity index (χ3v) is 3.22. The van der Waals surface area contributed by atoms with Gasteiger partial charge in [0.25, 0.3) is 0 Å². The van der Waals surface area contributed by atoms with Crippen LogP contribution in [0, 0.1) is 11.3 Å². The number of ether oxygens (including phenoxy) is 1. The van der Waals surface area contributed by atoms with Gasteiger partial charge in [-0.05, 0) is 19.2 Å². The largest absolute Gasteiger partial charge is 0.449 e. The molecule has 0 fully saturated rings. The van der Waals surface area contributed by atoms with Crippen LogP contribution in [0.4, 0.5) is 0 Å². The number of carbonyl (C=O) groups is 1. The van der Waals surface area contributed by atoms with Gasteiger partial charge in [-0.2, -0.15) is 17.0 Å². The van der Waals surface area contributed by atoms with Crippen LogP contribution >= 0.6 is 11.8 Å². The number of fused-ring (bicyclic) bond motifs is 1. The normalized spacial score (nSPS) is 12.1. The molecule has 1 atom stereocenters. The van der Waals surface area contributed by atoms with Crippen LogP contribution in [0.25, 0.3) is 11.0 Å². The third-order valence-electron chi connectivity index (χ3n) is 2.64. The molecule has 98 valence electrons. The standard InChI is InChI=1S/C14H13NO3S/c1-9(7-15)17-14(16)13-11(8-19-2)10-5-3-4-6-12(10)18-13/h3-6,9H,8H2,1-2H3/t9-/m1/s1. The Morgan fingerprint density at radius 1 is 1.53 bits per heavy atom. The van der Waals surface area contributed by atoms with Crippen molar-refractivity contribution in [3.63, 3.8) is 0 Å². The molecule has 1 aromatic heterocycles. The van der Waals surface area contributed by atoms with E-state index in [1.165, 1.54) is 6.92 Å². The maximum Gasteiger partial charge on any atom is 0.375 e. The van der Waals surface area contributed by atoms with Gasteiger partial charge in [-0.1, -0.05) is 18.2 Å². The first-order chi connectivity index (χ1) is 9.17. The molecule has 0 unspecified atom stereocenters. The Kier molecular flexibility index (Phi) is 4.13. The van der Waals surface area contributed by atoms with Gasteiger partial charge in [0.05, 0.1) is 0 Å². The van der Waals surface area contributed by atoms with Gasteiger partial charge in [0.2, 0.25) is 5.76 Å². The van der Waals surface area contributed by atoms with Crippen molar-refractivity contribution < 1.29 is 13.9 Å². The molecule has 0 bridgehead atoms. The van der Waals surface area contributed by atoms with Crippen molar-refractivity contribution in [3.05, 3.63) is 35.6 Å². The van der Waals surface area contributed by atoms with Crippen molar-refractivity contribution in [2.75, 3.05) is 6.26 Å². The highest BCUT2D eigenvalue weighted by molar-refractivity contribution is 7.97. The highest BCUT2D eigenvalue weighted by Crippen LogP contribution is 2.29. The molecule has 5 heteroatoms. The van der Waals surface area contributed by atoms with Gasteiger partial charge < -0.3 is 9.15 Å². The van der Waals surface area contributed by atoms with Crippen molar-refractivity contribution in [1.29, 1.82) is 5.26 Å². The molecule has 0 saturated heterocycles. The van der Waals surface area contributed by atoms with Crippen molar-refractivity contribution in [3.8, 4) is 6.07 Å². The van der Waals surface area contributed by atoms with E-state index in [0.717, 1.165) is 10.9 Å². The topological polar surface area (TPSA) is 63.2 Å². The Morgan fingerprint density at radius 3 is 2.95 bits per heavy atom. The van der Waals surface area contributed by atoms with Gasteiger partial charge in [-0.15, -0.1) is 0 Å². The summed E-state index contributed by atoms with van der Waals surface area (Å²) in [5.41, 5.74) is 1.47. The number of hydrogen-bond donors (Lipinski definition) is 0.